The highest BCUT2D eigenvalue weighted by Crippen LogP contribution is 2.53. The first-order valence-corrected chi connectivity index (χ1v) is 12.0. The molecule has 1 amide bonds. The predicted octanol–water partition coefficient (Wildman–Crippen LogP) is 7.77. The lowest BCUT2D eigenvalue weighted by molar-refractivity contribution is -0.373. The van der Waals surface area contributed by atoms with Gasteiger partial charge in [-0.25, -0.2) is 9.18 Å². The summed E-state index contributed by atoms with van der Waals surface area (Å²) in [6, 6.07) is 22.6. The van der Waals surface area contributed by atoms with Crippen molar-refractivity contribution in [3.05, 3.63) is 137 Å². The van der Waals surface area contributed by atoms with Gasteiger partial charge in [-0.05, 0) is 47.5 Å². The normalized spacial score (nSPS) is 12.2. The van der Waals surface area contributed by atoms with Crippen LogP contribution < -0.4 is 5.32 Å². The Balaban J connectivity index is 1.68. The van der Waals surface area contributed by atoms with Crippen molar-refractivity contribution in [3.63, 3.8) is 0 Å². The highest BCUT2D eigenvalue weighted by Gasteiger charge is 2.75. The Bertz CT molecular complexity index is 1430. The van der Waals surface area contributed by atoms with Crippen LogP contribution in [0.3, 0.4) is 0 Å². The molecule has 4 rings (SSSR count). The van der Waals surface area contributed by atoms with Crippen molar-refractivity contribution in [2.24, 2.45) is 0 Å². The van der Waals surface area contributed by atoms with Gasteiger partial charge in [0.05, 0.1) is 11.5 Å². The highest BCUT2D eigenvalue weighted by atomic mass is 19.4. The summed E-state index contributed by atoms with van der Waals surface area (Å²) in [6.07, 6.45) is -12.3. The minimum atomic E-state index is -6.14. The monoisotopic (exact) mass is 575 g/mol. The van der Waals surface area contributed by atoms with E-state index in [9.17, 15) is 40.3 Å². The van der Waals surface area contributed by atoms with E-state index in [2.05, 4.69) is 10.1 Å². The molecule has 0 radical (unpaired) electrons. The summed E-state index contributed by atoms with van der Waals surface area (Å²) in [4.78, 5) is 25.7. The van der Waals surface area contributed by atoms with Crippen LogP contribution in [0.5, 0.6) is 0 Å². The van der Waals surface area contributed by atoms with E-state index in [-0.39, 0.29) is 5.69 Å². The van der Waals surface area contributed by atoms with Crippen LogP contribution in [0.2, 0.25) is 0 Å². The second-order valence-electron chi connectivity index (χ2n) is 8.89. The average molecular weight is 575 g/mol. The lowest BCUT2D eigenvalue weighted by atomic mass is 9.90. The smallest absolute Gasteiger partial charge is 0.431 e. The van der Waals surface area contributed by atoms with E-state index >= 15 is 0 Å². The van der Waals surface area contributed by atoms with E-state index in [0.29, 0.717) is 47.5 Å². The van der Waals surface area contributed by atoms with Gasteiger partial charge >= 0.3 is 23.9 Å². The van der Waals surface area contributed by atoms with Crippen molar-refractivity contribution in [1.82, 2.24) is 0 Å². The number of nitrogens with one attached hydrogen (secondary N) is 1. The van der Waals surface area contributed by atoms with Crippen molar-refractivity contribution in [1.29, 1.82) is 0 Å². The molecule has 4 aromatic carbocycles. The molecule has 0 fully saturated rings. The molecule has 0 atom stereocenters. The highest BCUT2D eigenvalue weighted by molar-refractivity contribution is 5.98. The van der Waals surface area contributed by atoms with Crippen molar-refractivity contribution in [3.8, 4) is 0 Å². The zero-order valence-corrected chi connectivity index (χ0v) is 20.8. The number of rotatable bonds is 7. The van der Waals surface area contributed by atoms with Crippen molar-refractivity contribution in [2.45, 2.75) is 23.9 Å². The Kier molecular flexibility index (Phi) is 8.18. The number of carbonyl (C=O) groups excluding carboxylic acids is 2. The van der Waals surface area contributed by atoms with Crippen LogP contribution in [-0.2, 0) is 15.1 Å². The Labute approximate surface area is 229 Å². The van der Waals surface area contributed by atoms with E-state index in [1.807, 2.05) is 0 Å². The zero-order chi connectivity index (χ0) is 29.8. The minimum Gasteiger partial charge on any atom is -0.431 e. The fourth-order valence-corrected chi connectivity index (χ4v) is 4.24. The summed E-state index contributed by atoms with van der Waals surface area (Å²) in [6.45, 7) is 0. The number of hydrogen-bond donors (Lipinski definition) is 1. The molecule has 0 saturated heterocycles. The lowest BCUT2D eigenvalue weighted by Crippen LogP contribution is -2.56. The van der Waals surface area contributed by atoms with Crippen LogP contribution in [-0.4, -0.2) is 24.2 Å². The van der Waals surface area contributed by atoms with Gasteiger partial charge in [-0.1, -0.05) is 72.8 Å². The molecule has 0 aliphatic heterocycles. The predicted molar refractivity (Wildman–Crippen MR) is 135 cm³/mol. The van der Waals surface area contributed by atoms with Gasteiger partial charge in [0.25, 0.3) is 0 Å². The maximum absolute atomic E-state index is 14.2. The molecule has 0 bridgehead atoms. The number of anilines is 1. The van der Waals surface area contributed by atoms with E-state index in [1.54, 1.807) is 60.7 Å². The summed E-state index contributed by atoms with van der Waals surface area (Å²) in [5.74, 6) is -4.25. The Morgan fingerprint density at radius 3 is 1.54 bits per heavy atom. The number of amides is 1. The number of halogens is 7. The van der Waals surface area contributed by atoms with Crippen molar-refractivity contribution < 1.29 is 45.1 Å². The quantitative estimate of drug-likeness (QED) is 0.181. The number of alkyl halides is 6. The van der Waals surface area contributed by atoms with Gasteiger partial charge < -0.3 is 10.1 Å². The first-order valence-electron chi connectivity index (χ1n) is 12.0. The van der Waals surface area contributed by atoms with Crippen molar-refractivity contribution >= 4 is 17.6 Å². The van der Waals surface area contributed by atoms with Gasteiger partial charge in [-0.15, -0.1) is 0 Å². The third-order valence-electron chi connectivity index (χ3n) is 6.21. The first-order chi connectivity index (χ1) is 19.3. The first kappa shape index (κ1) is 29.3. The molecule has 0 spiro atoms. The fourth-order valence-electron chi connectivity index (χ4n) is 4.24. The minimum absolute atomic E-state index is 0.0984. The van der Waals surface area contributed by atoms with Gasteiger partial charge in [0.1, 0.15) is 5.82 Å². The maximum Gasteiger partial charge on any atom is 0.442 e. The summed E-state index contributed by atoms with van der Waals surface area (Å²) >= 11 is 0. The van der Waals surface area contributed by atoms with Gasteiger partial charge in [0.15, 0.2) is 0 Å². The molecule has 4 nitrogen and oxygen atoms in total. The fraction of sp³-hybridized carbons (Fsp3) is 0.133. The Hall–Kier alpha value is -4.67. The third kappa shape index (κ3) is 6.08. The number of benzene rings is 4. The molecule has 4 aromatic rings. The Morgan fingerprint density at radius 1 is 0.634 bits per heavy atom. The molecule has 11 heteroatoms. The standard InChI is InChI=1S/C30H20F7NO3/c31-23-15-11-21(12-16-23)27(40)41-28(29(32,33)34,30(35,36)37)22-13-17-24(18-14-22)38-26(39)25(19-7-3-1-4-8-19)20-9-5-2-6-10-20/h1-18,25H,(H,38,39). The molecule has 0 heterocycles. The molecule has 0 aromatic heterocycles. The van der Waals surface area contributed by atoms with Crippen molar-refractivity contribution in [2.75, 3.05) is 5.32 Å². The molecular weight excluding hydrogens is 555 g/mol. The summed E-state index contributed by atoms with van der Waals surface area (Å²) < 4.78 is 102. The largest absolute Gasteiger partial charge is 0.442 e. The molecule has 212 valence electrons. The van der Waals surface area contributed by atoms with E-state index in [4.69, 9.17) is 0 Å². The summed E-state index contributed by atoms with van der Waals surface area (Å²) in [5, 5.41) is 2.52. The Morgan fingerprint density at radius 2 is 1.10 bits per heavy atom. The summed E-state index contributed by atoms with van der Waals surface area (Å²) in [5.41, 5.74) is -6.11. The molecule has 1 N–H and O–H groups in total. The van der Waals surface area contributed by atoms with Crippen LogP contribution in [0.4, 0.5) is 36.4 Å². The van der Waals surface area contributed by atoms with E-state index in [1.165, 1.54) is 0 Å². The second kappa shape index (κ2) is 11.4. The van der Waals surface area contributed by atoms with E-state index in [0.717, 1.165) is 12.1 Å². The van der Waals surface area contributed by atoms with Gasteiger partial charge in [0, 0.05) is 11.3 Å². The molecule has 41 heavy (non-hydrogen) atoms. The lowest BCUT2D eigenvalue weighted by Gasteiger charge is -2.36. The molecule has 0 aliphatic carbocycles. The average Bonchev–Trinajstić information content (AvgIpc) is 2.92. The third-order valence-corrected chi connectivity index (χ3v) is 6.21. The van der Waals surface area contributed by atoms with Gasteiger partial charge in [-0.3, -0.25) is 4.79 Å². The number of carbonyl (C=O) groups is 2. The molecule has 0 saturated carbocycles. The van der Waals surface area contributed by atoms with E-state index < -0.39 is 52.7 Å². The topological polar surface area (TPSA) is 55.4 Å². The van der Waals surface area contributed by atoms with Crippen LogP contribution in [0.1, 0.15) is 33.0 Å². The van der Waals surface area contributed by atoms with Crippen LogP contribution in [0.15, 0.2) is 109 Å². The molecular formula is C30H20F7NO3. The van der Waals surface area contributed by atoms with Gasteiger partial charge in [-0.2, -0.15) is 26.3 Å². The number of hydrogen-bond acceptors (Lipinski definition) is 3. The molecule has 0 aliphatic rings. The van der Waals surface area contributed by atoms with Crippen LogP contribution >= 0.6 is 0 Å². The molecule has 0 unspecified atom stereocenters. The zero-order valence-electron chi connectivity index (χ0n) is 20.8. The second-order valence-corrected chi connectivity index (χ2v) is 8.89. The van der Waals surface area contributed by atoms with Crippen LogP contribution in [0, 0.1) is 5.82 Å². The number of ether oxygens (including phenoxy) is 1. The maximum atomic E-state index is 14.2. The SMILES string of the molecule is O=C(OC(c1ccc(NC(=O)C(c2ccccc2)c2ccccc2)cc1)(C(F)(F)F)C(F)(F)F)c1ccc(F)cc1. The van der Waals surface area contributed by atoms with Gasteiger partial charge in [0.2, 0.25) is 5.91 Å². The van der Waals surface area contributed by atoms with Crippen LogP contribution in [0.25, 0.3) is 0 Å². The number of esters is 1. The summed E-state index contributed by atoms with van der Waals surface area (Å²) in [7, 11) is 0.